The average Bonchev–Trinajstić information content (AvgIpc) is 2.16. The van der Waals surface area contributed by atoms with Gasteiger partial charge in [0.15, 0.2) is 12.0 Å². The monoisotopic (exact) mass is 218 g/mol. The second-order valence-corrected chi connectivity index (χ2v) is 2.47. The molecule has 0 saturated heterocycles. The molecular weight excluding hydrogens is 214 g/mol. The predicted molar refractivity (Wildman–Crippen MR) is 42.9 cm³/mol. The molecule has 0 atom stereocenters. The normalized spacial score (nSPS) is 10.3. The Bertz CT molecular complexity index is 422. The van der Waals surface area contributed by atoms with Crippen molar-refractivity contribution in [1.82, 2.24) is 4.98 Å². The molecule has 0 radical (unpaired) electrons. The topological polar surface area (TPSA) is 93.3 Å². The molecule has 0 bridgehead atoms. The van der Waals surface area contributed by atoms with Crippen LogP contribution in [0, 0.1) is 10.1 Å². The maximum atomic E-state index is 12.3. The summed E-state index contributed by atoms with van der Waals surface area (Å²) in [6.07, 6.45) is -2.62. The van der Waals surface area contributed by atoms with E-state index in [0.29, 0.717) is 6.20 Å². The molecule has 1 N–H and O–H groups in total. The Balaban J connectivity index is 3.51. The minimum atomic E-state index is -3.15. The third-order valence-corrected chi connectivity index (χ3v) is 1.61. The van der Waals surface area contributed by atoms with Gasteiger partial charge in [-0.25, -0.2) is 13.8 Å². The fourth-order valence-electron chi connectivity index (χ4n) is 0.957. The van der Waals surface area contributed by atoms with Gasteiger partial charge in [-0.1, -0.05) is 0 Å². The Hall–Kier alpha value is -2.12. The third-order valence-electron chi connectivity index (χ3n) is 1.61. The lowest BCUT2D eigenvalue weighted by Gasteiger charge is -2.03. The summed E-state index contributed by atoms with van der Waals surface area (Å²) < 4.78 is 24.5. The maximum Gasteiger partial charge on any atom is 0.323 e. The maximum absolute atomic E-state index is 12.3. The molecule has 1 heterocycles. The van der Waals surface area contributed by atoms with E-state index in [1.54, 1.807) is 0 Å². The van der Waals surface area contributed by atoms with Crippen molar-refractivity contribution in [3.63, 3.8) is 0 Å². The highest BCUT2D eigenvalue weighted by Gasteiger charge is 2.28. The molecule has 0 aliphatic carbocycles. The van der Waals surface area contributed by atoms with Crippen LogP contribution in [-0.2, 0) is 0 Å². The number of alkyl halides is 2. The number of aldehydes is 1. The quantitative estimate of drug-likeness (QED) is 0.470. The molecule has 0 spiro atoms. The number of aromatic nitrogens is 1. The van der Waals surface area contributed by atoms with E-state index in [2.05, 4.69) is 4.98 Å². The van der Waals surface area contributed by atoms with E-state index in [1.807, 2.05) is 0 Å². The van der Waals surface area contributed by atoms with Crippen LogP contribution in [0.2, 0.25) is 0 Å². The Morgan fingerprint density at radius 1 is 1.60 bits per heavy atom. The van der Waals surface area contributed by atoms with Crippen LogP contribution >= 0.6 is 0 Å². The number of nitrogens with zero attached hydrogens (tertiary/aromatic N) is 2. The van der Waals surface area contributed by atoms with Crippen LogP contribution in [0.4, 0.5) is 14.5 Å². The summed E-state index contributed by atoms with van der Waals surface area (Å²) in [5, 5.41) is 19.5. The summed E-state index contributed by atoms with van der Waals surface area (Å²) in [6, 6.07) is 0. The van der Waals surface area contributed by atoms with Gasteiger partial charge in [0, 0.05) is 6.20 Å². The first-order valence-corrected chi connectivity index (χ1v) is 3.58. The van der Waals surface area contributed by atoms with Crippen LogP contribution in [0.3, 0.4) is 0 Å². The molecule has 0 fully saturated rings. The summed E-state index contributed by atoms with van der Waals surface area (Å²) in [6.45, 7) is 0. The van der Waals surface area contributed by atoms with Crippen molar-refractivity contribution in [2.24, 2.45) is 0 Å². The standard InChI is InChI=1S/C7H4F2N2O4/c8-7(9)3-1-10-4(2-12)6(13)5(3)11(14)15/h1-2,7,13H. The van der Waals surface area contributed by atoms with E-state index in [0.717, 1.165) is 0 Å². The summed E-state index contributed by atoms with van der Waals surface area (Å²) in [4.78, 5) is 22.6. The zero-order chi connectivity index (χ0) is 11.6. The van der Waals surface area contributed by atoms with E-state index < -0.39 is 34.0 Å². The van der Waals surface area contributed by atoms with E-state index in [-0.39, 0.29) is 6.29 Å². The summed E-state index contributed by atoms with van der Waals surface area (Å²) in [5.41, 5.74) is -2.86. The van der Waals surface area contributed by atoms with Crippen LogP contribution in [0.1, 0.15) is 22.5 Å². The Labute approximate surface area is 81.3 Å². The minimum Gasteiger partial charge on any atom is -0.500 e. The lowest BCUT2D eigenvalue weighted by atomic mass is 10.2. The van der Waals surface area contributed by atoms with Crippen molar-refractivity contribution in [3.05, 3.63) is 27.6 Å². The van der Waals surface area contributed by atoms with E-state index >= 15 is 0 Å². The first kappa shape index (κ1) is 11.0. The van der Waals surface area contributed by atoms with Gasteiger partial charge in [-0.3, -0.25) is 14.9 Å². The van der Waals surface area contributed by atoms with Gasteiger partial charge in [0.05, 0.1) is 4.92 Å². The zero-order valence-electron chi connectivity index (χ0n) is 7.05. The van der Waals surface area contributed by atoms with E-state index in [9.17, 15) is 23.7 Å². The molecule has 1 aromatic heterocycles. The van der Waals surface area contributed by atoms with Gasteiger partial charge >= 0.3 is 5.69 Å². The predicted octanol–water partition coefficient (Wildman–Crippen LogP) is 1.45. The number of carbonyl (C=O) groups excluding carboxylic acids is 1. The van der Waals surface area contributed by atoms with Crippen LogP contribution in [-0.4, -0.2) is 21.3 Å². The number of hydrogen-bond acceptors (Lipinski definition) is 5. The molecule has 0 aromatic carbocycles. The van der Waals surface area contributed by atoms with Crippen LogP contribution in [0.25, 0.3) is 0 Å². The fourth-order valence-corrected chi connectivity index (χ4v) is 0.957. The van der Waals surface area contributed by atoms with Gasteiger partial charge in [0.1, 0.15) is 5.56 Å². The van der Waals surface area contributed by atoms with Gasteiger partial charge in [0.2, 0.25) is 5.75 Å². The molecule has 0 aliphatic heterocycles. The molecule has 80 valence electrons. The summed E-state index contributed by atoms with van der Waals surface area (Å²) in [7, 11) is 0. The zero-order valence-corrected chi connectivity index (χ0v) is 7.05. The molecule has 0 unspecified atom stereocenters. The molecule has 1 rings (SSSR count). The molecule has 0 amide bonds. The molecule has 8 heteroatoms. The first-order valence-electron chi connectivity index (χ1n) is 3.58. The SMILES string of the molecule is O=Cc1ncc(C(F)F)c([N+](=O)[O-])c1O. The second kappa shape index (κ2) is 3.95. The number of aromatic hydroxyl groups is 1. The van der Waals surface area contributed by atoms with Crippen molar-refractivity contribution in [2.45, 2.75) is 6.43 Å². The average molecular weight is 218 g/mol. The lowest BCUT2D eigenvalue weighted by Crippen LogP contribution is -2.01. The molecule has 6 nitrogen and oxygen atoms in total. The van der Waals surface area contributed by atoms with E-state index in [4.69, 9.17) is 5.11 Å². The highest BCUT2D eigenvalue weighted by atomic mass is 19.3. The van der Waals surface area contributed by atoms with Crippen LogP contribution < -0.4 is 0 Å². The smallest absolute Gasteiger partial charge is 0.323 e. The second-order valence-electron chi connectivity index (χ2n) is 2.47. The minimum absolute atomic E-state index is 0.0393. The molecule has 0 aliphatic rings. The molecule has 1 aromatic rings. The van der Waals surface area contributed by atoms with Crippen molar-refractivity contribution in [3.8, 4) is 5.75 Å². The fraction of sp³-hybridized carbons (Fsp3) is 0.143. The number of hydrogen-bond donors (Lipinski definition) is 1. The Morgan fingerprint density at radius 3 is 2.60 bits per heavy atom. The lowest BCUT2D eigenvalue weighted by molar-refractivity contribution is -0.387. The van der Waals surface area contributed by atoms with Crippen molar-refractivity contribution in [2.75, 3.05) is 0 Å². The molecule has 15 heavy (non-hydrogen) atoms. The Kier molecular flexibility index (Phi) is 2.88. The highest BCUT2D eigenvalue weighted by molar-refractivity contribution is 5.79. The molecular formula is C7H4F2N2O4. The van der Waals surface area contributed by atoms with Gasteiger partial charge in [-0.15, -0.1) is 0 Å². The first-order chi connectivity index (χ1) is 6.99. The summed E-state index contributed by atoms with van der Waals surface area (Å²) >= 11 is 0. The van der Waals surface area contributed by atoms with Crippen molar-refractivity contribution >= 4 is 12.0 Å². The largest absolute Gasteiger partial charge is 0.500 e. The van der Waals surface area contributed by atoms with E-state index in [1.165, 1.54) is 0 Å². The molecule has 0 saturated carbocycles. The van der Waals surface area contributed by atoms with Crippen molar-refractivity contribution in [1.29, 1.82) is 0 Å². The van der Waals surface area contributed by atoms with Gasteiger partial charge in [0.25, 0.3) is 6.43 Å². The third kappa shape index (κ3) is 1.87. The highest BCUT2D eigenvalue weighted by Crippen LogP contribution is 2.36. The van der Waals surface area contributed by atoms with Gasteiger partial charge < -0.3 is 5.11 Å². The number of halogens is 2. The number of carbonyl (C=O) groups is 1. The van der Waals surface area contributed by atoms with Crippen molar-refractivity contribution < 1.29 is 23.6 Å². The van der Waals surface area contributed by atoms with Gasteiger partial charge in [-0.05, 0) is 0 Å². The Morgan fingerprint density at radius 2 is 2.20 bits per heavy atom. The van der Waals surface area contributed by atoms with Crippen LogP contribution in [0.5, 0.6) is 5.75 Å². The number of pyridine rings is 1. The summed E-state index contributed by atoms with van der Waals surface area (Å²) in [5.74, 6) is -1.15. The number of nitro groups is 1. The van der Waals surface area contributed by atoms with Crippen LogP contribution in [0.15, 0.2) is 6.20 Å². The number of rotatable bonds is 3. The van der Waals surface area contributed by atoms with Gasteiger partial charge in [-0.2, -0.15) is 0 Å².